The largest absolute Gasteiger partial charge is 0.481 e. The van der Waals surface area contributed by atoms with Gasteiger partial charge < -0.3 is 4.74 Å². The smallest absolute Gasteiger partial charge is 0.171 e. The highest BCUT2D eigenvalue weighted by atomic mass is 35.5. The predicted octanol–water partition coefficient (Wildman–Crippen LogP) is 3.80. The van der Waals surface area contributed by atoms with Crippen LogP contribution >= 0.6 is 11.6 Å². The van der Waals surface area contributed by atoms with E-state index in [0.717, 1.165) is 18.2 Å². The average Bonchev–Trinajstić information content (AvgIpc) is 3.02. The predicted molar refractivity (Wildman–Crippen MR) is 86.1 cm³/mol. The summed E-state index contributed by atoms with van der Waals surface area (Å²) >= 11 is 6.01. The van der Waals surface area contributed by atoms with Crippen molar-refractivity contribution in [3.05, 3.63) is 47.0 Å². The first kappa shape index (κ1) is 15.3. The average molecular weight is 328 g/mol. The molecule has 2 heterocycles. The van der Waals surface area contributed by atoms with Crippen LogP contribution in [0, 0.1) is 11.3 Å². The lowest BCUT2D eigenvalue weighted by molar-refractivity contribution is 0.183. The zero-order valence-electron chi connectivity index (χ0n) is 12.5. The van der Waals surface area contributed by atoms with Crippen molar-refractivity contribution in [2.45, 2.75) is 25.9 Å². The Morgan fingerprint density at radius 3 is 3.04 bits per heavy atom. The number of nitrogens with one attached hydrogen (secondary N) is 1. The molecule has 1 aromatic carbocycles. The molecule has 0 aliphatic rings. The second-order valence-electron chi connectivity index (χ2n) is 5.05. The molecule has 0 bridgehead atoms. The minimum atomic E-state index is -0.363. The number of rotatable bonds is 5. The summed E-state index contributed by atoms with van der Waals surface area (Å²) in [5, 5.41) is 17.3. The van der Waals surface area contributed by atoms with Crippen LogP contribution in [0.4, 0.5) is 0 Å². The van der Waals surface area contributed by atoms with Gasteiger partial charge in [-0.3, -0.25) is 5.10 Å². The second-order valence-corrected chi connectivity index (χ2v) is 5.49. The molecule has 116 valence electrons. The van der Waals surface area contributed by atoms with Gasteiger partial charge in [0.25, 0.3) is 0 Å². The molecule has 1 atom stereocenters. The summed E-state index contributed by atoms with van der Waals surface area (Å²) in [5.74, 6) is 0.985. The van der Waals surface area contributed by atoms with Crippen molar-refractivity contribution >= 4 is 22.6 Å². The quantitative estimate of drug-likeness (QED) is 0.770. The van der Waals surface area contributed by atoms with Gasteiger partial charge in [0.05, 0.1) is 17.1 Å². The van der Waals surface area contributed by atoms with Gasteiger partial charge in [-0.1, -0.05) is 24.9 Å². The van der Waals surface area contributed by atoms with E-state index in [1.54, 1.807) is 30.6 Å². The van der Waals surface area contributed by atoms with Crippen LogP contribution in [0.2, 0.25) is 5.02 Å². The Kier molecular flexibility index (Phi) is 4.40. The first-order valence-electron chi connectivity index (χ1n) is 7.23. The first-order chi connectivity index (χ1) is 11.2. The number of hydrogen-bond donors (Lipinski definition) is 1. The number of fused-ring (bicyclic) bond motifs is 1. The number of ether oxygens (including phenoxy) is 1. The van der Waals surface area contributed by atoms with E-state index in [9.17, 15) is 5.26 Å². The summed E-state index contributed by atoms with van der Waals surface area (Å²) in [7, 11) is 0. The lowest BCUT2D eigenvalue weighted by Crippen LogP contribution is -2.12. The van der Waals surface area contributed by atoms with E-state index in [2.05, 4.69) is 26.2 Å². The normalized spacial score (nSPS) is 12.0. The number of nitriles is 1. The molecular weight excluding hydrogens is 314 g/mol. The number of aromatic nitrogens is 4. The molecule has 3 rings (SSSR count). The highest BCUT2D eigenvalue weighted by molar-refractivity contribution is 6.30. The Morgan fingerprint density at radius 1 is 1.39 bits per heavy atom. The summed E-state index contributed by atoms with van der Waals surface area (Å²) in [4.78, 5) is 8.82. The van der Waals surface area contributed by atoms with E-state index in [0.29, 0.717) is 27.8 Å². The molecule has 0 aliphatic heterocycles. The molecule has 7 heteroatoms. The van der Waals surface area contributed by atoms with Gasteiger partial charge >= 0.3 is 0 Å². The van der Waals surface area contributed by atoms with Crippen LogP contribution in [0.5, 0.6) is 5.75 Å². The minimum absolute atomic E-state index is 0.363. The van der Waals surface area contributed by atoms with Gasteiger partial charge in [-0.2, -0.15) is 10.4 Å². The molecule has 6 nitrogen and oxygen atoms in total. The van der Waals surface area contributed by atoms with Gasteiger partial charge in [-0.05, 0) is 18.6 Å². The summed E-state index contributed by atoms with van der Waals surface area (Å²) in [5.41, 5.74) is 1.09. The van der Waals surface area contributed by atoms with Crippen LogP contribution in [0.3, 0.4) is 0 Å². The Morgan fingerprint density at radius 2 is 2.26 bits per heavy atom. The molecule has 3 aromatic rings. The van der Waals surface area contributed by atoms with Crippen molar-refractivity contribution in [2.75, 3.05) is 0 Å². The Balaban J connectivity index is 1.95. The molecule has 0 saturated carbocycles. The van der Waals surface area contributed by atoms with Crippen molar-refractivity contribution < 1.29 is 4.74 Å². The van der Waals surface area contributed by atoms with E-state index in [-0.39, 0.29) is 6.10 Å². The van der Waals surface area contributed by atoms with E-state index in [1.165, 1.54) is 0 Å². The number of benzene rings is 1. The molecule has 1 unspecified atom stereocenters. The topological polar surface area (TPSA) is 87.5 Å². The molecular formula is C16H14ClN5O. The molecule has 0 amide bonds. The van der Waals surface area contributed by atoms with Crippen LogP contribution in [-0.2, 0) is 0 Å². The van der Waals surface area contributed by atoms with E-state index >= 15 is 0 Å². The highest BCUT2D eigenvalue weighted by Crippen LogP contribution is 2.29. The molecule has 0 radical (unpaired) electrons. The fourth-order valence-electron chi connectivity index (χ4n) is 2.25. The summed E-state index contributed by atoms with van der Waals surface area (Å²) in [6.07, 6.45) is 4.61. The third kappa shape index (κ3) is 3.25. The minimum Gasteiger partial charge on any atom is -0.481 e. The van der Waals surface area contributed by atoms with Gasteiger partial charge in [-0.15, -0.1) is 0 Å². The third-order valence-electron chi connectivity index (χ3n) is 3.38. The third-order valence-corrected chi connectivity index (χ3v) is 3.62. The Bertz CT molecular complexity index is 870. The number of H-pyrrole nitrogens is 1. The lowest BCUT2D eigenvalue weighted by Gasteiger charge is -2.18. The SMILES string of the molecule is CCCC(Oc1cc(Cl)ccc1C#N)c1ncc2cn[nH]c2n1. The summed E-state index contributed by atoms with van der Waals surface area (Å²) in [6, 6.07) is 7.04. The lowest BCUT2D eigenvalue weighted by atomic mass is 10.1. The van der Waals surface area contributed by atoms with Gasteiger partial charge in [0.15, 0.2) is 17.6 Å². The van der Waals surface area contributed by atoms with Gasteiger partial charge in [-0.25, -0.2) is 9.97 Å². The van der Waals surface area contributed by atoms with Crippen LogP contribution in [0.15, 0.2) is 30.6 Å². The number of halogens is 1. The maximum Gasteiger partial charge on any atom is 0.171 e. The summed E-state index contributed by atoms with van der Waals surface area (Å²) in [6.45, 7) is 2.05. The molecule has 0 fully saturated rings. The zero-order valence-corrected chi connectivity index (χ0v) is 13.2. The van der Waals surface area contributed by atoms with E-state index in [4.69, 9.17) is 16.3 Å². The monoisotopic (exact) mass is 327 g/mol. The number of aromatic amines is 1. The van der Waals surface area contributed by atoms with Crippen molar-refractivity contribution in [1.29, 1.82) is 5.26 Å². The summed E-state index contributed by atoms with van der Waals surface area (Å²) < 4.78 is 6.00. The van der Waals surface area contributed by atoms with Gasteiger partial charge in [0, 0.05) is 17.3 Å². The van der Waals surface area contributed by atoms with Crippen LogP contribution < -0.4 is 4.74 Å². The van der Waals surface area contributed by atoms with Gasteiger partial charge in [0.2, 0.25) is 0 Å². The van der Waals surface area contributed by atoms with E-state index < -0.39 is 0 Å². The molecule has 1 N–H and O–H groups in total. The molecule has 0 spiro atoms. The van der Waals surface area contributed by atoms with Crippen molar-refractivity contribution in [3.8, 4) is 11.8 Å². The molecule has 0 saturated heterocycles. The molecule has 2 aromatic heterocycles. The van der Waals surface area contributed by atoms with Crippen LogP contribution in [0.1, 0.15) is 37.3 Å². The van der Waals surface area contributed by atoms with Crippen LogP contribution in [0.25, 0.3) is 11.0 Å². The highest BCUT2D eigenvalue weighted by Gasteiger charge is 2.19. The van der Waals surface area contributed by atoms with Gasteiger partial charge in [0.1, 0.15) is 11.8 Å². The first-order valence-corrected chi connectivity index (χ1v) is 7.61. The Hall–Kier alpha value is -2.65. The molecule has 0 aliphatic carbocycles. The fourth-order valence-corrected chi connectivity index (χ4v) is 2.41. The maximum absolute atomic E-state index is 9.22. The number of nitrogens with zero attached hydrogens (tertiary/aromatic N) is 4. The van der Waals surface area contributed by atoms with Crippen molar-refractivity contribution in [1.82, 2.24) is 20.2 Å². The maximum atomic E-state index is 9.22. The Labute approximate surface area is 138 Å². The van der Waals surface area contributed by atoms with Crippen molar-refractivity contribution in [3.63, 3.8) is 0 Å². The zero-order chi connectivity index (χ0) is 16.2. The standard InChI is InChI=1S/C16H14ClN5O/c1-2-3-13(16-19-8-11-9-20-22-15(11)21-16)23-14-6-12(17)5-4-10(14)7-18/h4-6,8-9,13H,2-3H2,1H3,(H,19,20,21,22). The van der Waals surface area contributed by atoms with Crippen molar-refractivity contribution in [2.24, 2.45) is 0 Å². The van der Waals surface area contributed by atoms with E-state index in [1.807, 2.05) is 6.92 Å². The van der Waals surface area contributed by atoms with Crippen LogP contribution in [-0.4, -0.2) is 20.2 Å². The fraction of sp³-hybridized carbons (Fsp3) is 0.250. The molecule has 23 heavy (non-hydrogen) atoms. The second kappa shape index (κ2) is 6.63. The number of hydrogen-bond acceptors (Lipinski definition) is 5.